The molecule has 6 heteroatoms. The zero-order valence-corrected chi connectivity index (χ0v) is 21.4. The highest BCUT2D eigenvalue weighted by Crippen LogP contribution is 2.53. The smallest absolute Gasteiger partial charge is 0.246 e. The summed E-state index contributed by atoms with van der Waals surface area (Å²) in [5.41, 5.74) is 2.24. The SMILES string of the molecule is CCOc1cc(P(=O)(c2ccc(C)cc2)c2ccc(C)cc2)c(I)c2c1OC(C)(C)O2. The summed E-state index contributed by atoms with van der Waals surface area (Å²) in [4.78, 5) is 0. The number of aryl methyl sites for hydroxylation is 2. The predicted octanol–water partition coefficient (Wildman–Crippen LogP) is 5.45. The zero-order valence-electron chi connectivity index (χ0n) is 18.4. The first-order chi connectivity index (χ1) is 14.7. The maximum Gasteiger partial charge on any atom is 0.246 e. The Balaban J connectivity index is 2.03. The van der Waals surface area contributed by atoms with Crippen LogP contribution in [0.3, 0.4) is 0 Å². The lowest BCUT2D eigenvalue weighted by Gasteiger charge is -2.23. The van der Waals surface area contributed by atoms with E-state index in [1.165, 1.54) is 0 Å². The van der Waals surface area contributed by atoms with Gasteiger partial charge < -0.3 is 18.8 Å². The maximum atomic E-state index is 15.0. The van der Waals surface area contributed by atoms with Crippen LogP contribution in [-0.2, 0) is 4.57 Å². The molecule has 0 radical (unpaired) electrons. The summed E-state index contributed by atoms with van der Waals surface area (Å²) in [6.45, 7) is 10.2. The summed E-state index contributed by atoms with van der Waals surface area (Å²) >= 11 is 2.23. The highest BCUT2D eigenvalue weighted by molar-refractivity contribution is 14.1. The van der Waals surface area contributed by atoms with E-state index in [4.69, 9.17) is 14.2 Å². The fourth-order valence-electron chi connectivity index (χ4n) is 3.71. The largest absolute Gasteiger partial charge is 0.490 e. The van der Waals surface area contributed by atoms with Gasteiger partial charge in [-0.05, 0) is 49.4 Å². The molecular formula is C25H26IO4P. The Morgan fingerprint density at radius 3 is 1.87 bits per heavy atom. The highest BCUT2D eigenvalue weighted by atomic mass is 127. The van der Waals surface area contributed by atoms with Gasteiger partial charge in [0.15, 0.2) is 18.6 Å². The molecule has 1 aliphatic rings. The third-order valence-electron chi connectivity index (χ3n) is 5.25. The van der Waals surface area contributed by atoms with Crippen molar-refractivity contribution in [1.82, 2.24) is 0 Å². The Morgan fingerprint density at radius 1 is 0.903 bits per heavy atom. The first-order valence-electron chi connectivity index (χ1n) is 10.3. The van der Waals surface area contributed by atoms with E-state index < -0.39 is 12.9 Å². The average molecular weight is 548 g/mol. The monoisotopic (exact) mass is 548 g/mol. The summed E-state index contributed by atoms with van der Waals surface area (Å²) in [6.07, 6.45) is 0. The van der Waals surface area contributed by atoms with Crippen molar-refractivity contribution in [3.8, 4) is 17.2 Å². The lowest BCUT2D eigenvalue weighted by molar-refractivity contribution is -0.0443. The molecule has 31 heavy (non-hydrogen) atoms. The van der Waals surface area contributed by atoms with E-state index in [0.29, 0.717) is 29.2 Å². The number of rotatable bonds is 5. The summed E-state index contributed by atoms with van der Waals surface area (Å²) < 4.78 is 33.9. The Kier molecular flexibility index (Phi) is 5.86. The molecule has 0 aromatic heterocycles. The molecule has 0 aliphatic carbocycles. The van der Waals surface area contributed by atoms with Crippen molar-refractivity contribution in [3.05, 3.63) is 69.3 Å². The summed E-state index contributed by atoms with van der Waals surface area (Å²) in [5, 5.41) is 2.25. The Bertz CT molecular complexity index is 1120. The third kappa shape index (κ3) is 3.98. The van der Waals surface area contributed by atoms with Crippen LogP contribution >= 0.6 is 29.7 Å². The van der Waals surface area contributed by atoms with Gasteiger partial charge in [-0.1, -0.05) is 59.7 Å². The van der Waals surface area contributed by atoms with Gasteiger partial charge in [-0.3, -0.25) is 0 Å². The third-order valence-corrected chi connectivity index (χ3v) is 9.83. The molecule has 0 N–H and O–H groups in total. The number of hydrogen-bond donors (Lipinski definition) is 0. The van der Waals surface area contributed by atoms with E-state index >= 15 is 4.57 Å². The molecule has 4 nitrogen and oxygen atoms in total. The molecule has 0 unspecified atom stereocenters. The molecule has 3 aromatic carbocycles. The molecule has 162 valence electrons. The number of halogens is 1. The van der Waals surface area contributed by atoms with Gasteiger partial charge in [-0.25, -0.2) is 0 Å². The molecule has 0 bridgehead atoms. The van der Waals surface area contributed by atoms with Crippen LogP contribution in [0.5, 0.6) is 17.2 Å². The maximum absolute atomic E-state index is 15.0. The molecule has 4 rings (SSSR count). The van der Waals surface area contributed by atoms with Crippen LogP contribution in [0.2, 0.25) is 0 Å². The van der Waals surface area contributed by atoms with Crippen LogP contribution in [0, 0.1) is 17.4 Å². The Morgan fingerprint density at radius 2 is 1.39 bits per heavy atom. The van der Waals surface area contributed by atoms with E-state index in [0.717, 1.165) is 25.3 Å². The van der Waals surface area contributed by atoms with Gasteiger partial charge in [-0.2, -0.15) is 0 Å². The Labute approximate surface area is 197 Å². The highest BCUT2D eigenvalue weighted by Gasteiger charge is 2.41. The van der Waals surface area contributed by atoms with E-state index in [-0.39, 0.29) is 0 Å². The molecule has 0 spiro atoms. The lowest BCUT2D eigenvalue weighted by Crippen LogP contribution is -2.30. The number of hydrogen-bond acceptors (Lipinski definition) is 4. The van der Waals surface area contributed by atoms with Crippen molar-refractivity contribution in [2.45, 2.75) is 40.4 Å². The first-order valence-corrected chi connectivity index (χ1v) is 13.1. The quantitative estimate of drug-likeness (QED) is 0.314. The van der Waals surface area contributed by atoms with Crippen molar-refractivity contribution in [2.24, 2.45) is 0 Å². The summed E-state index contributed by atoms with van der Waals surface area (Å²) in [6, 6.07) is 17.7. The van der Waals surface area contributed by atoms with Gasteiger partial charge in [0, 0.05) is 29.8 Å². The van der Waals surface area contributed by atoms with Crippen molar-refractivity contribution < 1.29 is 18.8 Å². The van der Waals surface area contributed by atoms with Crippen LogP contribution in [0.15, 0.2) is 54.6 Å². The summed E-state index contributed by atoms with van der Waals surface area (Å²) in [7, 11) is -3.20. The van der Waals surface area contributed by atoms with Crippen LogP contribution in [0.1, 0.15) is 31.9 Å². The van der Waals surface area contributed by atoms with Gasteiger partial charge in [0.25, 0.3) is 0 Å². The molecule has 3 aromatic rings. The second-order valence-electron chi connectivity index (χ2n) is 8.18. The fourth-order valence-corrected chi connectivity index (χ4v) is 7.91. The summed E-state index contributed by atoms with van der Waals surface area (Å²) in [5.74, 6) is 0.896. The Hall–Kier alpha value is -1.98. The van der Waals surface area contributed by atoms with Crippen LogP contribution < -0.4 is 30.1 Å². The van der Waals surface area contributed by atoms with E-state index in [1.54, 1.807) is 0 Å². The molecule has 0 amide bonds. The van der Waals surface area contributed by atoms with Gasteiger partial charge in [0.05, 0.1) is 10.2 Å². The second-order valence-corrected chi connectivity index (χ2v) is 12.0. The lowest BCUT2D eigenvalue weighted by atomic mass is 10.2. The van der Waals surface area contributed by atoms with Gasteiger partial charge in [-0.15, -0.1) is 0 Å². The van der Waals surface area contributed by atoms with Crippen LogP contribution in [0.25, 0.3) is 0 Å². The second kappa shape index (κ2) is 8.18. The number of benzene rings is 3. The average Bonchev–Trinajstić information content (AvgIpc) is 3.07. The van der Waals surface area contributed by atoms with Gasteiger partial charge in [0.1, 0.15) is 0 Å². The number of fused-ring (bicyclic) bond motifs is 1. The molecule has 0 fully saturated rings. The van der Waals surface area contributed by atoms with E-state index in [9.17, 15) is 0 Å². The topological polar surface area (TPSA) is 44.8 Å². The minimum atomic E-state index is -3.20. The van der Waals surface area contributed by atoms with Gasteiger partial charge in [0.2, 0.25) is 11.5 Å². The zero-order chi connectivity index (χ0) is 22.4. The number of ether oxygens (including phenoxy) is 3. The van der Waals surface area contributed by atoms with Crippen LogP contribution in [0.4, 0.5) is 0 Å². The van der Waals surface area contributed by atoms with Gasteiger partial charge >= 0.3 is 0 Å². The van der Waals surface area contributed by atoms with E-state index in [1.807, 2.05) is 89.2 Å². The van der Waals surface area contributed by atoms with Crippen molar-refractivity contribution in [2.75, 3.05) is 6.61 Å². The molecule has 0 saturated heterocycles. The molecule has 0 atom stereocenters. The minimum absolute atomic E-state index is 0.468. The molecule has 1 aliphatic heterocycles. The van der Waals surface area contributed by atoms with Crippen molar-refractivity contribution in [1.29, 1.82) is 0 Å². The molecule has 0 saturated carbocycles. The van der Waals surface area contributed by atoms with Crippen molar-refractivity contribution in [3.63, 3.8) is 0 Å². The normalized spacial score (nSPS) is 14.5. The predicted molar refractivity (Wildman–Crippen MR) is 135 cm³/mol. The van der Waals surface area contributed by atoms with E-state index in [2.05, 4.69) is 22.6 Å². The fraction of sp³-hybridized carbons (Fsp3) is 0.280. The van der Waals surface area contributed by atoms with Crippen LogP contribution in [-0.4, -0.2) is 12.4 Å². The first kappa shape index (κ1) is 22.2. The standard InChI is InChI=1S/C25H26IO4P/c1-6-28-20-15-21(22(26)24-23(20)29-25(4,5)30-24)31(27,18-11-7-16(2)8-12-18)19-13-9-17(3)10-14-19/h7-15H,6H2,1-5H3. The molecular weight excluding hydrogens is 522 g/mol. The molecule has 1 heterocycles. The van der Waals surface area contributed by atoms with Crippen molar-refractivity contribution >= 4 is 45.6 Å². The minimum Gasteiger partial charge on any atom is -0.490 e.